The van der Waals surface area contributed by atoms with Gasteiger partial charge >= 0.3 is 0 Å². The first-order chi connectivity index (χ1) is 3.29. The van der Waals surface area contributed by atoms with Gasteiger partial charge in [0.15, 0.2) is 3.01 Å². The maximum Gasteiger partial charge on any atom is 0.204 e. The van der Waals surface area contributed by atoms with E-state index in [1.165, 1.54) is 11.5 Å². The van der Waals surface area contributed by atoms with Crippen LogP contribution in [0.3, 0.4) is 0 Å². The molecule has 0 bridgehead atoms. The van der Waals surface area contributed by atoms with Crippen LogP contribution in [-0.2, 0) is 0 Å². The standard InChI is InChI=1S/C2I2N2S/c3-1-5-2(4)7-6-1. The molecule has 38 valence electrons. The van der Waals surface area contributed by atoms with E-state index in [9.17, 15) is 0 Å². The second kappa shape index (κ2) is 2.53. The van der Waals surface area contributed by atoms with Crippen LogP contribution in [0.15, 0.2) is 0 Å². The summed E-state index contributed by atoms with van der Waals surface area (Å²) in [5, 5.41) is 0. The fourth-order valence-corrected chi connectivity index (χ4v) is 2.19. The van der Waals surface area contributed by atoms with E-state index in [1.807, 2.05) is 0 Å². The second-order valence-corrected chi connectivity index (χ2v) is 4.29. The monoisotopic (exact) mass is 338 g/mol. The molecule has 0 aliphatic heterocycles. The zero-order valence-electron chi connectivity index (χ0n) is 3.06. The van der Waals surface area contributed by atoms with Crippen molar-refractivity contribution in [3.63, 3.8) is 0 Å². The molecule has 0 aliphatic rings. The average Bonchev–Trinajstić information content (AvgIpc) is 1.87. The van der Waals surface area contributed by atoms with E-state index < -0.39 is 0 Å². The Bertz CT molecular complexity index is 146. The van der Waals surface area contributed by atoms with Crippen molar-refractivity contribution < 1.29 is 0 Å². The number of halogens is 2. The van der Waals surface area contributed by atoms with Crippen molar-refractivity contribution in [1.29, 1.82) is 0 Å². The zero-order valence-corrected chi connectivity index (χ0v) is 8.19. The molecule has 2 nitrogen and oxygen atoms in total. The van der Waals surface area contributed by atoms with Crippen molar-refractivity contribution in [2.45, 2.75) is 0 Å². The molecule has 0 aliphatic carbocycles. The van der Waals surface area contributed by atoms with Gasteiger partial charge in [-0.25, -0.2) is 4.98 Å². The van der Waals surface area contributed by atoms with Crippen LogP contribution in [0.5, 0.6) is 0 Å². The fourth-order valence-electron chi connectivity index (χ4n) is 0.189. The minimum atomic E-state index is 0.840. The molecule has 0 saturated carbocycles. The molecule has 5 heteroatoms. The van der Waals surface area contributed by atoms with Crippen molar-refractivity contribution in [1.82, 2.24) is 9.36 Å². The first-order valence-corrected chi connectivity index (χ1v) is 4.37. The third kappa shape index (κ3) is 1.76. The van der Waals surface area contributed by atoms with Crippen LogP contribution >= 0.6 is 56.7 Å². The van der Waals surface area contributed by atoms with Crippen LogP contribution in [0.1, 0.15) is 0 Å². The van der Waals surface area contributed by atoms with E-state index in [1.54, 1.807) is 0 Å². The number of rotatable bonds is 0. The van der Waals surface area contributed by atoms with Gasteiger partial charge in [-0.3, -0.25) is 0 Å². The van der Waals surface area contributed by atoms with Gasteiger partial charge in [-0.05, 0) is 34.1 Å². The first-order valence-electron chi connectivity index (χ1n) is 1.44. The summed E-state index contributed by atoms with van der Waals surface area (Å²) in [6.45, 7) is 0. The molecule has 7 heavy (non-hydrogen) atoms. The smallest absolute Gasteiger partial charge is 0.204 e. The Balaban J connectivity index is 3.04. The van der Waals surface area contributed by atoms with Gasteiger partial charge < -0.3 is 0 Å². The lowest BCUT2D eigenvalue weighted by Crippen LogP contribution is -1.68. The highest BCUT2D eigenvalue weighted by Crippen LogP contribution is 2.07. The van der Waals surface area contributed by atoms with Crippen molar-refractivity contribution in [2.24, 2.45) is 0 Å². The van der Waals surface area contributed by atoms with Gasteiger partial charge in [-0.1, -0.05) is 0 Å². The molecule has 1 aromatic rings. The number of hydrogen-bond donors (Lipinski definition) is 0. The second-order valence-electron chi connectivity index (χ2n) is 0.816. The predicted molar refractivity (Wildman–Crippen MR) is 45.3 cm³/mol. The van der Waals surface area contributed by atoms with Gasteiger partial charge in [-0.15, -0.1) is 0 Å². The molecule has 0 fully saturated rings. The number of hydrogen-bond acceptors (Lipinski definition) is 3. The minimum absolute atomic E-state index is 0.840. The Morgan fingerprint density at radius 2 is 2.14 bits per heavy atom. The van der Waals surface area contributed by atoms with Gasteiger partial charge in [0.2, 0.25) is 3.83 Å². The lowest BCUT2D eigenvalue weighted by atomic mass is 11.3. The Kier molecular flexibility index (Phi) is 2.22. The van der Waals surface area contributed by atoms with Crippen LogP contribution in [0.25, 0.3) is 0 Å². The molecule has 0 spiro atoms. The van der Waals surface area contributed by atoms with E-state index in [0.29, 0.717) is 0 Å². The quantitative estimate of drug-likeness (QED) is 0.674. The van der Waals surface area contributed by atoms with Gasteiger partial charge in [0.1, 0.15) is 0 Å². The SMILES string of the molecule is Ic1nsc(I)n1. The molecule has 1 rings (SSSR count). The third-order valence-corrected chi connectivity index (χ3v) is 2.52. The van der Waals surface area contributed by atoms with Crippen LogP contribution in [0, 0.1) is 6.85 Å². The molecule has 1 aromatic heterocycles. The highest BCUT2D eigenvalue weighted by atomic mass is 127. The summed E-state index contributed by atoms with van der Waals surface area (Å²) in [6, 6.07) is 0. The molecule has 0 aromatic carbocycles. The van der Waals surface area contributed by atoms with Gasteiger partial charge in [0.05, 0.1) is 0 Å². The largest absolute Gasteiger partial charge is 0.204 e. The lowest BCUT2D eigenvalue weighted by molar-refractivity contribution is 1.23. The van der Waals surface area contributed by atoms with Crippen LogP contribution in [0.2, 0.25) is 0 Å². The molecule has 1 heterocycles. The Morgan fingerprint density at radius 3 is 2.29 bits per heavy atom. The summed E-state index contributed by atoms with van der Waals surface area (Å²) >= 11 is 5.65. The zero-order chi connectivity index (χ0) is 5.28. The van der Waals surface area contributed by atoms with E-state index in [2.05, 4.69) is 54.5 Å². The Labute approximate surface area is 72.2 Å². The first kappa shape index (κ1) is 6.14. The summed E-state index contributed by atoms with van der Waals surface area (Å²) in [5.74, 6) is 0. The van der Waals surface area contributed by atoms with Crippen LogP contribution in [0.4, 0.5) is 0 Å². The summed E-state index contributed by atoms with van der Waals surface area (Å²) < 4.78 is 5.77. The highest BCUT2D eigenvalue weighted by molar-refractivity contribution is 14.1. The van der Waals surface area contributed by atoms with E-state index in [4.69, 9.17) is 0 Å². The maximum atomic E-state index is 3.99. The third-order valence-electron chi connectivity index (χ3n) is 0.376. The number of aromatic nitrogens is 2. The minimum Gasteiger partial charge on any atom is -0.204 e. The van der Waals surface area contributed by atoms with Crippen molar-refractivity contribution >= 4 is 56.7 Å². The molecular weight excluding hydrogens is 338 g/mol. The van der Waals surface area contributed by atoms with Gasteiger partial charge in [0.25, 0.3) is 0 Å². The predicted octanol–water partition coefficient (Wildman–Crippen LogP) is 1.75. The Hall–Kier alpha value is 1.02. The van der Waals surface area contributed by atoms with Gasteiger partial charge in [-0.2, -0.15) is 4.37 Å². The Morgan fingerprint density at radius 1 is 1.43 bits per heavy atom. The lowest BCUT2D eigenvalue weighted by Gasteiger charge is -1.64. The molecule has 0 radical (unpaired) electrons. The van der Waals surface area contributed by atoms with E-state index in [-0.39, 0.29) is 0 Å². The molecule has 0 unspecified atom stereocenters. The van der Waals surface area contributed by atoms with Crippen molar-refractivity contribution in [3.8, 4) is 0 Å². The molecular formula is C2I2N2S. The summed E-state index contributed by atoms with van der Waals surface area (Å²) in [6.07, 6.45) is 0. The van der Waals surface area contributed by atoms with Crippen LogP contribution < -0.4 is 0 Å². The molecule has 0 N–H and O–H groups in total. The van der Waals surface area contributed by atoms with E-state index >= 15 is 0 Å². The van der Waals surface area contributed by atoms with Crippen LogP contribution in [-0.4, -0.2) is 9.36 Å². The van der Waals surface area contributed by atoms with E-state index in [0.717, 1.165) is 6.85 Å². The molecule has 0 amide bonds. The van der Waals surface area contributed by atoms with Gasteiger partial charge in [0, 0.05) is 22.6 Å². The average molecular weight is 338 g/mol. The molecule has 0 atom stereocenters. The highest BCUT2D eigenvalue weighted by Gasteiger charge is 1.91. The topological polar surface area (TPSA) is 25.8 Å². The fraction of sp³-hybridized carbons (Fsp3) is 0. The van der Waals surface area contributed by atoms with Crippen molar-refractivity contribution in [3.05, 3.63) is 6.85 Å². The summed E-state index contributed by atoms with van der Waals surface area (Å²) in [5.41, 5.74) is 0. The maximum absolute atomic E-state index is 3.99. The normalized spacial score (nSPS) is 9.43. The summed E-state index contributed by atoms with van der Waals surface area (Å²) in [7, 11) is 0. The number of nitrogens with zero attached hydrogens (tertiary/aromatic N) is 2. The van der Waals surface area contributed by atoms with Crippen molar-refractivity contribution in [2.75, 3.05) is 0 Å². The summed E-state index contributed by atoms with van der Waals surface area (Å²) in [4.78, 5) is 3.99. The molecule has 0 saturated heterocycles.